The number of anilines is 1. The number of hydrogen-bond acceptors (Lipinski definition) is 5. The molecule has 1 heterocycles. The number of unbranched alkanes of at least 4 members (excludes halogenated alkanes) is 15. The van der Waals surface area contributed by atoms with Gasteiger partial charge in [0.1, 0.15) is 34.5 Å². The normalized spacial score (nSPS) is 11.9. The molecule has 354 valence electrons. The van der Waals surface area contributed by atoms with Crippen LogP contribution >= 0.6 is 18.9 Å². The van der Waals surface area contributed by atoms with Crippen molar-refractivity contribution in [2.24, 2.45) is 0 Å². The van der Waals surface area contributed by atoms with E-state index in [0.717, 1.165) is 63.9 Å². The molecule has 1 atom stereocenters. The van der Waals surface area contributed by atoms with Gasteiger partial charge in [0.25, 0.3) is 5.91 Å². The fraction of sp³-hybridized carbons (Fsp3) is 0.397. The van der Waals surface area contributed by atoms with Gasteiger partial charge in [0.2, 0.25) is 5.91 Å². The maximum atomic E-state index is 13.0. The van der Waals surface area contributed by atoms with Crippen LogP contribution in [-0.4, -0.2) is 30.6 Å². The van der Waals surface area contributed by atoms with Crippen LogP contribution in [0, 0.1) is 0 Å². The Morgan fingerprint density at radius 2 is 1.15 bits per heavy atom. The molecule has 2 N–H and O–H groups in total. The van der Waals surface area contributed by atoms with E-state index in [0.29, 0.717) is 51.5 Å². The molecule has 0 fully saturated rings. The SMILES string of the molecule is CCCCCCCCCCCCCC(=O)Nc1ccc(-c2cc(=O)oc3cc(O[C@H](C)C(=O)NCCCCCCCC[P+](c4ccccc4)(c4ccccc4)c4ccccc4)ccc23)c(Cl)c1. The molecule has 9 heteroatoms. The van der Waals surface area contributed by atoms with E-state index in [1.807, 2.05) is 6.07 Å². The molecule has 2 amide bonds. The van der Waals surface area contributed by atoms with Gasteiger partial charge in [0.15, 0.2) is 6.10 Å². The second-order valence-electron chi connectivity index (χ2n) is 17.9. The van der Waals surface area contributed by atoms with Crippen molar-refractivity contribution in [3.05, 3.63) is 149 Å². The molecule has 1 aromatic heterocycles. The van der Waals surface area contributed by atoms with Gasteiger partial charge in [-0.1, -0.05) is 163 Å². The zero-order chi connectivity index (χ0) is 47.1. The maximum absolute atomic E-state index is 13.0. The van der Waals surface area contributed by atoms with Crippen LogP contribution in [0.3, 0.4) is 0 Å². The first-order chi connectivity index (χ1) is 32.8. The Kier molecular flexibility index (Phi) is 21.0. The van der Waals surface area contributed by atoms with Gasteiger partial charge in [-0.05, 0) is 93.3 Å². The summed E-state index contributed by atoms with van der Waals surface area (Å²) in [4.78, 5) is 38.5. The first-order valence-electron chi connectivity index (χ1n) is 25.0. The van der Waals surface area contributed by atoms with Crippen LogP contribution in [0.2, 0.25) is 5.02 Å². The minimum absolute atomic E-state index is 0.0338. The van der Waals surface area contributed by atoms with Gasteiger partial charge >= 0.3 is 5.63 Å². The van der Waals surface area contributed by atoms with E-state index >= 15 is 0 Å². The van der Waals surface area contributed by atoms with Crippen LogP contribution in [0.15, 0.2) is 143 Å². The summed E-state index contributed by atoms with van der Waals surface area (Å²) in [5, 5.41) is 11.4. The third-order valence-corrected chi connectivity index (χ3v) is 17.6. The van der Waals surface area contributed by atoms with Gasteiger partial charge < -0.3 is 19.8 Å². The van der Waals surface area contributed by atoms with Crippen molar-refractivity contribution in [3.63, 3.8) is 0 Å². The van der Waals surface area contributed by atoms with Crippen molar-refractivity contribution in [3.8, 4) is 16.9 Å². The zero-order valence-corrected chi connectivity index (χ0v) is 41.4. The number of rotatable bonds is 29. The van der Waals surface area contributed by atoms with E-state index in [-0.39, 0.29) is 11.8 Å². The molecule has 6 aromatic rings. The predicted octanol–water partition coefficient (Wildman–Crippen LogP) is 14.0. The number of halogens is 1. The van der Waals surface area contributed by atoms with Gasteiger partial charge in [-0.2, -0.15) is 0 Å². The Bertz CT molecular complexity index is 2380. The summed E-state index contributed by atoms with van der Waals surface area (Å²) in [6, 6.07) is 45.1. The van der Waals surface area contributed by atoms with E-state index in [2.05, 4.69) is 109 Å². The highest BCUT2D eigenvalue weighted by molar-refractivity contribution is 7.95. The van der Waals surface area contributed by atoms with Gasteiger partial charge in [-0.25, -0.2) is 4.79 Å². The highest BCUT2D eigenvalue weighted by atomic mass is 35.5. The fourth-order valence-electron chi connectivity index (χ4n) is 9.10. The van der Waals surface area contributed by atoms with Crippen LogP contribution in [-0.2, 0) is 9.59 Å². The molecule has 0 aliphatic rings. The molecule has 0 saturated heterocycles. The summed E-state index contributed by atoms with van der Waals surface area (Å²) in [5.74, 6) is 0.181. The monoisotopic (exact) mass is 941 g/mol. The third kappa shape index (κ3) is 15.4. The van der Waals surface area contributed by atoms with Crippen LogP contribution in [0.4, 0.5) is 5.69 Å². The first-order valence-corrected chi connectivity index (χ1v) is 27.3. The van der Waals surface area contributed by atoms with E-state index in [1.165, 1.54) is 73.3 Å². The zero-order valence-electron chi connectivity index (χ0n) is 39.8. The van der Waals surface area contributed by atoms with Crippen molar-refractivity contribution in [1.29, 1.82) is 0 Å². The van der Waals surface area contributed by atoms with Crippen LogP contribution in [0.25, 0.3) is 22.1 Å². The van der Waals surface area contributed by atoms with Gasteiger partial charge in [-0.3, -0.25) is 9.59 Å². The van der Waals surface area contributed by atoms with Crippen molar-refractivity contribution in [2.75, 3.05) is 18.0 Å². The lowest BCUT2D eigenvalue weighted by Crippen LogP contribution is -2.36. The standard InChI is InChI=1S/C58H70ClN2O5P/c1-3-4-5-6-7-8-9-10-11-14-26-35-56(62)61-46-36-38-51(54(59)42-46)53-44-57(63)66-55-43-47(37-39-52(53)55)65-45(2)58(64)60-40-27-15-12-13-16-28-41-67(48-29-20-17-21-30-48,49-31-22-18-23-32-49)50-33-24-19-25-34-50/h17-25,29-34,36-39,42-45H,3-16,26-28,35,40-41H2,1-2H3,(H-,60,61,62,63,64)/p+1/t45-/m1/s1. The maximum Gasteiger partial charge on any atom is 0.336 e. The number of nitrogens with one attached hydrogen (secondary N) is 2. The summed E-state index contributed by atoms with van der Waals surface area (Å²) in [7, 11) is -1.80. The largest absolute Gasteiger partial charge is 0.481 e. The second kappa shape index (κ2) is 27.6. The average molecular weight is 943 g/mol. The summed E-state index contributed by atoms with van der Waals surface area (Å²) in [6.45, 7) is 4.54. The van der Waals surface area contributed by atoms with Crippen molar-refractivity contribution in [1.82, 2.24) is 5.32 Å². The molecule has 0 bridgehead atoms. The van der Waals surface area contributed by atoms with E-state index in [4.69, 9.17) is 20.8 Å². The number of fused-ring (bicyclic) bond motifs is 1. The molecule has 0 spiro atoms. The number of carbonyl (C=O) groups excluding carboxylic acids is 2. The Morgan fingerprint density at radius 1 is 0.612 bits per heavy atom. The third-order valence-electron chi connectivity index (χ3n) is 12.8. The van der Waals surface area contributed by atoms with E-state index < -0.39 is 19.0 Å². The topological polar surface area (TPSA) is 97.6 Å². The number of benzene rings is 5. The Labute approximate surface area is 404 Å². The van der Waals surface area contributed by atoms with Crippen LogP contribution < -0.4 is 36.9 Å². The molecule has 0 radical (unpaired) electrons. The van der Waals surface area contributed by atoms with Crippen molar-refractivity contribution >= 4 is 63.2 Å². The minimum atomic E-state index is -1.80. The number of amides is 2. The van der Waals surface area contributed by atoms with Crippen LogP contribution in [0.1, 0.15) is 129 Å². The lowest BCUT2D eigenvalue weighted by atomic mass is 10.0. The van der Waals surface area contributed by atoms with Crippen molar-refractivity contribution < 1.29 is 18.7 Å². The average Bonchev–Trinajstić information content (AvgIpc) is 3.34. The van der Waals surface area contributed by atoms with Gasteiger partial charge in [0, 0.05) is 47.3 Å². The number of carbonyl (C=O) groups is 2. The molecule has 7 nitrogen and oxygen atoms in total. The highest BCUT2D eigenvalue weighted by Gasteiger charge is 2.44. The summed E-state index contributed by atoms with van der Waals surface area (Å²) in [6.07, 6.45) is 20.9. The Balaban J connectivity index is 0.916. The molecule has 0 saturated carbocycles. The molecular weight excluding hydrogens is 871 g/mol. The molecule has 67 heavy (non-hydrogen) atoms. The minimum Gasteiger partial charge on any atom is -0.481 e. The predicted molar refractivity (Wildman–Crippen MR) is 283 cm³/mol. The summed E-state index contributed by atoms with van der Waals surface area (Å²) >= 11 is 6.77. The molecule has 0 aliphatic heterocycles. The summed E-state index contributed by atoms with van der Waals surface area (Å²) in [5.41, 5.74) is 1.64. The highest BCUT2D eigenvalue weighted by Crippen LogP contribution is 2.56. The second-order valence-corrected chi connectivity index (χ2v) is 21.9. The molecular formula is C58H71ClN2O5P+. The van der Waals surface area contributed by atoms with Crippen LogP contribution in [0.5, 0.6) is 5.75 Å². The molecule has 0 aliphatic carbocycles. The van der Waals surface area contributed by atoms with E-state index in [9.17, 15) is 14.4 Å². The Morgan fingerprint density at radius 3 is 1.72 bits per heavy atom. The Hall–Kier alpha value is -5.23. The molecule has 0 unspecified atom stereocenters. The molecule has 5 aromatic carbocycles. The van der Waals surface area contributed by atoms with Gasteiger partial charge in [0.05, 0.1) is 11.2 Å². The quantitative estimate of drug-likeness (QED) is 0.0277. The number of hydrogen-bond donors (Lipinski definition) is 2. The smallest absolute Gasteiger partial charge is 0.336 e. The van der Waals surface area contributed by atoms with E-state index in [1.54, 1.807) is 37.3 Å². The fourth-order valence-corrected chi connectivity index (χ4v) is 13.8. The first kappa shape index (κ1) is 51.2. The van der Waals surface area contributed by atoms with Crippen molar-refractivity contribution in [2.45, 2.75) is 136 Å². The lowest BCUT2D eigenvalue weighted by Gasteiger charge is -2.27. The molecule has 6 rings (SSSR count). The number of ether oxygens (including phenoxy) is 1. The lowest BCUT2D eigenvalue weighted by molar-refractivity contribution is -0.127. The van der Waals surface area contributed by atoms with Gasteiger partial charge in [-0.15, -0.1) is 0 Å². The summed E-state index contributed by atoms with van der Waals surface area (Å²) < 4.78 is 11.6.